The van der Waals surface area contributed by atoms with E-state index in [1.165, 1.54) is 0 Å². The van der Waals surface area contributed by atoms with E-state index in [0.717, 1.165) is 11.5 Å². The molecule has 2 atom stereocenters. The van der Waals surface area contributed by atoms with E-state index in [2.05, 4.69) is 0 Å². The zero-order valence-corrected chi connectivity index (χ0v) is 8.75. The van der Waals surface area contributed by atoms with Gasteiger partial charge < -0.3 is 9.47 Å². The van der Waals surface area contributed by atoms with Crippen LogP contribution in [0.25, 0.3) is 0 Å². The summed E-state index contributed by atoms with van der Waals surface area (Å²) in [6, 6.07) is 7.38. The van der Waals surface area contributed by atoms with Crippen molar-refractivity contribution in [2.24, 2.45) is 0 Å². The predicted octanol–water partition coefficient (Wildman–Crippen LogP) is 1.20. The highest BCUT2D eigenvalue weighted by molar-refractivity contribution is 7.85. The molecule has 1 heterocycles. The molecule has 0 aliphatic carbocycles. The van der Waals surface area contributed by atoms with Crippen LogP contribution in [0.5, 0.6) is 5.75 Å². The first-order chi connectivity index (χ1) is 6.81. The first kappa shape index (κ1) is 9.68. The minimum atomic E-state index is -1.01. The molecular formula is C10H12O3S. The third kappa shape index (κ3) is 2.13. The highest BCUT2D eigenvalue weighted by Crippen LogP contribution is 2.23. The van der Waals surface area contributed by atoms with Gasteiger partial charge in [-0.1, -0.05) is 12.1 Å². The van der Waals surface area contributed by atoms with Crippen molar-refractivity contribution in [2.45, 2.75) is 11.0 Å². The molecule has 0 spiro atoms. The van der Waals surface area contributed by atoms with Crippen LogP contribution in [-0.2, 0) is 15.5 Å². The first-order valence-corrected chi connectivity index (χ1v) is 5.76. The Morgan fingerprint density at radius 2 is 2.29 bits per heavy atom. The fraction of sp³-hybridized carbons (Fsp3) is 0.400. The van der Waals surface area contributed by atoms with Crippen LogP contribution in [0.4, 0.5) is 0 Å². The molecular weight excluding hydrogens is 200 g/mol. The van der Waals surface area contributed by atoms with Gasteiger partial charge in [0.15, 0.2) is 0 Å². The lowest BCUT2D eigenvalue weighted by atomic mass is 10.3. The summed E-state index contributed by atoms with van der Waals surface area (Å²) in [5, 5.41) is 0. The SMILES string of the molecule is COc1ccccc1S(=O)CC1CO1. The topological polar surface area (TPSA) is 38.8 Å². The standard InChI is InChI=1S/C10H12O3S/c1-12-9-4-2-3-5-10(9)14(11)7-8-6-13-8/h2-5,8H,6-7H2,1H3. The number of methoxy groups -OCH3 is 1. The van der Waals surface area contributed by atoms with Crippen molar-refractivity contribution in [2.75, 3.05) is 19.5 Å². The van der Waals surface area contributed by atoms with Crippen LogP contribution in [0.2, 0.25) is 0 Å². The largest absolute Gasteiger partial charge is 0.495 e. The summed E-state index contributed by atoms with van der Waals surface area (Å²) in [5.41, 5.74) is 0. The van der Waals surface area contributed by atoms with Gasteiger partial charge in [-0.25, -0.2) is 0 Å². The van der Waals surface area contributed by atoms with Crippen molar-refractivity contribution in [3.05, 3.63) is 24.3 Å². The lowest BCUT2D eigenvalue weighted by Gasteiger charge is -2.06. The summed E-state index contributed by atoms with van der Waals surface area (Å²) < 4.78 is 22.0. The van der Waals surface area contributed by atoms with E-state index in [1.807, 2.05) is 24.3 Å². The predicted molar refractivity (Wildman–Crippen MR) is 54.0 cm³/mol. The van der Waals surface area contributed by atoms with Gasteiger partial charge in [0, 0.05) is 0 Å². The van der Waals surface area contributed by atoms with Crippen LogP contribution in [0, 0.1) is 0 Å². The molecule has 76 valence electrons. The second kappa shape index (κ2) is 4.11. The molecule has 0 amide bonds. The minimum absolute atomic E-state index is 0.181. The second-order valence-electron chi connectivity index (χ2n) is 3.12. The summed E-state index contributed by atoms with van der Waals surface area (Å²) in [6.07, 6.45) is 0.181. The van der Waals surface area contributed by atoms with Crippen molar-refractivity contribution in [1.29, 1.82) is 0 Å². The van der Waals surface area contributed by atoms with Gasteiger partial charge in [0.1, 0.15) is 5.75 Å². The zero-order valence-electron chi connectivity index (χ0n) is 7.93. The molecule has 0 saturated carbocycles. The van der Waals surface area contributed by atoms with E-state index in [9.17, 15) is 4.21 Å². The van der Waals surface area contributed by atoms with Crippen LogP contribution in [0.1, 0.15) is 0 Å². The Hall–Kier alpha value is -0.870. The summed E-state index contributed by atoms with van der Waals surface area (Å²) in [4.78, 5) is 0.755. The Bertz CT molecular complexity index is 347. The molecule has 1 aliphatic heterocycles. The van der Waals surface area contributed by atoms with Gasteiger partial charge in [0.05, 0.1) is 41.3 Å². The highest BCUT2D eigenvalue weighted by atomic mass is 32.2. The van der Waals surface area contributed by atoms with Gasteiger partial charge in [0.2, 0.25) is 0 Å². The molecule has 0 radical (unpaired) electrons. The third-order valence-corrected chi connectivity index (χ3v) is 3.56. The second-order valence-corrected chi connectivity index (χ2v) is 4.58. The van der Waals surface area contributed by atoms with Crippen molar-refractivity contribution in [3.8, 4) is 5.75 Å². The number of para-hydroxylation sites is 1. The van der Waals surface area contributed by atoms with E-state index in [-0.39, 0.29) is 6.10 Å². The smallest absolute Gasteiger partial charge is 0.134 e. The van der Waals surface area contributed by atoms with E-state index >= 15 is 0 Å². The fourth-order valence-corrected chi connectivity index (χ4v) is 2.55. The quantitative estimate of drug-likeness (QED) is 0.704. The number of benzene rings is 1. The van der Waals surface area contributed by atoms with E-state index in [4.69, 9.17) is 9.47 Å². The molecule has 1 aromatic carbocycles. The zero-order chi connectivity index (χ0) is 9.97. The molecule has 0 bridgehead atoms. The molecule has 2 rings (SSSR count). The molecule has 3 nitrogen and oxygen atoms in total. The van der Waals surface area contributed by atoms with Crippen molar-refractivity contribution >= 4 is 10.8 Å². The Kier molecular flexibility index (Phi) is 2.84. The van der Waals surface area contributed by atoms with Crippen LogP contribution >= 0.6 is 0 Å². The van der Waals surface area contributed by atoms with E-state index < -0.39 is 10.8 Å². The van der Waals surface area contributed by atoms with Crippen LogP contribution in [0.15, 0.2) is 29.2 Å². The number of epoxide rings is 1. The van der Waals surface area contributed by atoms with E-state index in [1.54, 1.807) is 7.11 Å². The monoisotopic (exact) mass is 212 g/mol. The first-order valence-electron chi connectivity index (χ1n) is 4.44. The lowest BCUT2D eigenvalue weighted by molar-refractivity contribution is 0.403. The summed E-state index contributed by atoms with van der Waals surface area (Å²) in [7, 11) is 0.575. The molecule has 0 N–H and O–H groups in total. The number of hydrogen-bond donors (Lipinski definition) is 0. The van der Waals surface area contributed by atoms with Gasteiger partial charge in [0.25, 0.3) is 0 Å². The molecule has 4 heteroatoms. The van der Waals surface area contributed by atoms with Gasteiger partial charge in [-0.3, -0.25) is 4.21 Å². The lowest BCUT2D eigenvalue weighted by Crippen LogP contribution is -2.05. The van der Waals surface area contributed by atoms with Gasteiger partial charge in [-0.2, -0.15) is 0 Å². The van der Waals surface area contributed by atoms with Crippen LogP contribution in [-0.4, -0.2) is 29.8 Å². The van der Waals surface area contributed by atoms with Crippen molar-refractivity contribution in [1.82, 2.24) is 0 Å². The Balaban J connectivity index is 2.16. The maximum absolute atomic E-state index is 11.8. The summed E-state index contributed by atoms with van der Waals surface area (Å²) in [6.45, 7) is 0.737. The fourth-order valence-electron chi connectivity index (χ4n) is 1.23. The van der Waals surface area contributed by atoms with E-state index in [0.29, 0.717) is 11.5 Å². The van der Waals surface area contributed by atoms with Crippen molar-refractivity contribution < 1.29 is 13.7 Å². The molecule has 1 fully saturated rings. The number of hydrogen-bond acceptors (Lipinski definition) is 3. The maximum Gasteiger partial charge on any atom is 0.134 e. The van der Waals surface area contributed by atoms with Gasteiger partial charge in [-0.05, 0) is 12.1 Å². The third-order valence-electron chi connectivity index (χ3n) is 2.05. The normalized spacial score (nSPS) is 21.6. The highest BCUT2D eigenvalue weighted by Gasteiger charge is 2.26. The maximum atomic E-state index is 11.8. The molecule has 0 aromatic heterocycles. The summed E-state index contributed by atoms with van der Waals surface area (Å²) in [5.74, 6) is 1.26. The van der Waals surface area contributed by atoms with Crippen LogP contribution in [0.3, 0.4) is 0 Å². The number of ether oxygens (including phenoxy) is 2. The Morgan fingerprint density at radius 1 is 1.57 bits per heavy atom. The van der Waals surface area contributed by atoms with Crippen LogP contribution < -0.4 is 4.74 Å². The molecule has 2 unspecified atom stereocenters. The van der Waals surface area contributed by atoms with Gasteiger partial charge >= 0.3 is 0 Å². The average molecular weight is 212 g/mol. The Morgan fingerprint density at radius 3 is 2.93 bits per heavy atom. The number of rotatable bonds is 4. The van der Waals surface area contributed by atoms with Gasteiger partial charge in [-0.15, -0.1) is 0 Å². The minimum Gasteiger partial charge on any atom is -0.495 e. The Labute approximate surface area is 85.5 Å². The van der Waals surface area contributed by atoms with Crippen molar-refractivity contribution in [3.63, 3.8) is 0 Å². The molecule has 1 aliphatic rings. The molecule has 1 saturated heterocycles. The summed E-state index contributed by atoms with van der Waals surface area (Å²) >= 11 is 0. The average Bonchev–Trinajstić information content (AvgIpc) is 3.01. The molecule has 1 aromatic rings. The molecule has 14 heavy (non-hydrogen) atoms.